The second-order valence-electron chi connectivity index (χ2n) is 6.59. The van der Waals surface area contributed by atoms with E-state index in [4.69, 9.17) is 21.1 Å². The highest BCUT2D eigenvalue weighted by atomic mass is 35.5. The van der Waals surface area contributed by atoms with Gasteiger partial charge in [0.25, 0.3) is 0 Å². The molecule has 0 radical (unpaired) electrons. The number of rotatable bonds is 7. The lowest BCUT2D eigenvalue weighted by atomic mass is 10.2. The van der Waals surface area contributed by atoms with Crippen molar-refractivity contribution >= 4 is 43.7 Å². The molecule has 0 saturated heterocycles. The van der Waals surface area contributed by atoms with E-state index in [9.17, 15) is 8.42 Å². The van der Waals surface area contributed by atoms with E-state index in [0.717, 1.165) is 28.2 Å². The van der Waals surface area contributed by atoms with E-state index in [1.807, 2.05) is 36.4 Å². The summed E-state index contributed by atoms with van der Waals surface area (Å²) >= 11 is 6.98. The van der Waals surface area contributed by atoms with E-state index in [-0.39, 0.29) is 9.96 Å². The molecule has 2 aromatic heterocycles. The van der Waals surface area contributed by atoms with Crippen LogP contribution in [0, 0.1) is 0 Å². The molecule has 156 valence electrons. The van der Waals surface area contributed by atoms with Crippen molar-refractivity contribution in [1.29, 1.82) is 0 Å². The van der Waals surface area contributed by atoms with Crippen molar-refractivity contribution in [2.45, 2.75) is 16.5 Å². The number of ether oxygens (including phenoxy) is 2. The Morgan fingerprint density at radius 3 is 2.43 bits per heavy atom. The number of halogens is 1. The van der Waals surface area contributed by atoms with Crippen molar-refractivity contribution in [3.8, 4) is 11.5 Å². The first-order valence-electron chi connectivity index (χ1n) is 9.05. The van der Waals surface area contributed by atoms with Gasteiger partial charge in [-0.1, -0.05) is 35.9 Å². The molecule has 4 rings (SSSR count). The van der Waals surface area contributed by atoms with Crippen LogP contribution in [0.4, 0.5) is 0 Å². The Bertz CT molecular complexity index is 1310. The topological polar surface area (TPSA) is 70.4 Å². The molecule has 0 atom stereocenters. The quantitative estimate of drug-likeness (QED) is 0.395. The molecule has 9 heteroatoms. The molecule has 0 fully saturated rings. The standard InChI is InChI=1S/C21H19ClN2O4S2/c1-27-17-8-4-3-6-14(17)12-24-16-7-5-9-18(28-2)21(16)15(23-24)13-30(25,26)20-11-10-19(22)29-20/h3-11H,12-13H2,1-2H3. The molecule has 0 bridgehead atoms. The van der Waals surface area contributed by atoms with Crippen LogP contribution in [-0.4, -0.2) is 32.4 Å². The Labute approximate surface area is 183 Å². The lowest BCUT2D eigenvalue weighted by Gasteiger charge is -2.09. The first-order chi connectivity index (χ1) is 14.4. The van der Waals surface area contributed by atoms with Crippen LogP contribution in [0.5, 0.6) is 11.5 Å². The highest BCUT2D eigenvalue weighted by Gasteiger charge is 2.24. The Morgan fingerprint density at radius 1 is 1.00 bits per heavy atom. The van der Waals surface area contributed by atoms with Gasteiger partial charge < -0.3 is 9.47 Å². The zero-order valence-electron chi connectivity index (χ0n) is 16.3. The molecule has 2 heterocycles. The van der Waals surface area contributed by atoms with Crippen LogP contribution in [0.15, 0.2) is 58.8 Å². The van der Waals surface area contributed by atoms with Gasteiger partial charge in [0.05, 0.1) is 41.7 Å². The van der Waals surface area contributed by atoms with Crippen LogP contribution in [0.2, 0.25) is 4.34 Å². The van der Waals surface area contributed by atoms with Gasteiger partial charge in [0, 0.05) is 5.56 Å². The highest BCUT2D eigenvalue weighted by Crippen LogP contribution is 2.34. The zero-order valence-corrected chi connectivity index (χ0v) is 18.7. The number of benzene rings is 2. The van der Waals surface area contributed by atoms with Gasteiger partial charge in [0.2, 0.25) is 0 Å². The van der Waals surface area contributed by atoms with Gasteiger partial charge in [-0.15, -0.1) is 11.3 Å². The summed E-state index contributed by atoms with van der Waals surface area (Å²) < 4.78 is 39.3. The minimum Gasteiger partial charge on any atom is -0.496 e. The van der Waals surface area contributed by atoms with Gasteiger partial charge in [-0.05, 0) is 30.3 Å². The van der Waals surface area contributed by atoms with Crippen molar-refractivity contribution < 1.29 is 17.9 Å². The summed E-state index contributed by atoms with van der Waals surface area (Å²) in [4.78, 5) is 0. The van der Waals surface area contributed by atoms with Gasteiger partial charge in [0.15, 0.2) is 9.84 Å². The molecule has 30 heavy (non-hydrogen) atoms. The van der Waals surface area contributed by atoms with Gasteiger partial charge >= 0.3 is 0 Å². The van der Waals surface area contributed by atoms with Gasteiger partial charge in [0.1, 0.15) is 21.5 Å². The number of methoxy groups -OCH3 is 2. The third-order valence-electron chi connectivity index (χ3n) is 4.73. The predicted octanol–water partition coefficient (Wildman–Crippen LogP) is 4.79. The molecule has 0 aliphatic rings. The average molecular weight is 463 g/mol. The lowest BCUT2D eigenvalue weighted by molar-refractivity contribution is 0.407. The van der Waals surface area contributed by atoms with Crippen molar-refractivity contribution in [3.05, 3.63) is 70.2 Å². The molecule has 0 saturated carbocycles. The van der Waals surface area contributed by atoms with Crippen LogP contribution < -0.4 is 9.47 Å². The molecule has 4 aromatic rings. The number of sulfone groups is 1. The van der Waals surface area contributed by atoms with Crippen LogP contribution in [0.1, 0.15) is 11.3 Å². The second-order valence-corrected chi connectivity index (χ2v) is 10.5. The molecule has 0 unspecified atom stereocenters. The molecule has 6 nitrogen and oxygen atoms in total. The van der Waals surface area contributed by atoms with Crippen molar-refractivity contribution in [1.82, 2.24) is 9.78 Å². The van der Waals surface area contributed by atoms with E-state index < -0.39 is 9.84 Å². The molecule has 0 N–H and O–H groups in total. The minimum absolute atomic E-state index is 0.217. The number of fused-ring (bicyclic) bond motifs is 1. The molecular formula is C21H19ClN2O4S2. The van der Waals surface area contributed by atoms with E-state index in [2.05, 4.69) is 5.10 Å². The van der Waals surface area contributed by atoms with Crippen LogP contribution in [-0.2, 0) is 22.1 Å². The SMILES string of the molecule is COc1ccccc1Cn1nc(CS(=O)(=O)c2ccc(Cl)s2)c2c(OC)cccc21. The third kappa shape index (κ3) is 3.90. The summed E-state index contributed by atoms with van der Waals surface area (Å²) in [6.07, 6.45) is 0. The summed E-state index contributed by atoms with van der Waals surface area (Å²) in [5.41, 5.74) is 2.16. The molecule has 2 aromatic carbocycles. The number of hydrogen-bond donors (Lipinski definition) is 0. The predicted molar refractivity (Wildman–Crippen MR) is 119 cm³/mol. The first kappa shape index (κ1) is 20.7. The van der Waals surface area contributed by atoms with Gasteiger partial charge in [-0.3, -0.25) is 4.68 Å². The van der Waals surface area contributed by atoms with E-state index >= 15 is 0 Å². The monoisotopic (exact) mass is 462 g/mol. The van der Waals surface area contributed by atoms with E-state index in [0.29, 0.717) is 27.7 Å². The molecule has 0 spiro atoms. The summed E-state index contributed by atoms with van der Waals surface area (Å²) in [6.45, 7) is 0.429. The number of nitrogens with zero attached hydrogens (tertiary/aromatic N) is 2. The maximum absolute atomic E-state index is 13.0. The fourth-order valence-electron chi connectivity index (χ4n) is 3.38. The van der Waals surface area contributed by atoms with Crippen LogP contribution >= 0.6 is 22.9 Å². The number of thiophene rings is 1. The normalized spacial score (nSPS) is 11.7. The lowest BCUT2D eigenvalue weighted by Crippen LogP contribution is -2.07. The van der Waals surface area contributed by atoms with Crippen molar-refractivity contribution in [2.24, 2.45) is 0 Å². The van der Waals surface area contributed by atoms with Crippen LogP contribution in [0.25, 0.3) is 10.9 Å². The Morgan fingerprint density at radius 2 is 1.73 bits per heavy atom. The molecule has 0 aliphatic carbocycles. The highest BCUT2D eigenvalue weighted by molar-refractivity contribution is 7.92. The van der Waals surface area contributed by atoms with E-state index in [1.165, 1.54) is 6.07 Å². The van der Waals surface area contributed by atoms with Gasteiger partial charge in [-0.25, -0.2) is 8.42 Å². The Balaban J connectivity index is 1.82. The molecule has 0 amide bonds. The first-order valence-corrected chi connectivity index (χ1v) is 11.9. The smallest absolute Gasteiger partial charge is 0.193 e. The second kappa shape index (κ2) is 8.29. The van der Waals surface area contributed by atoms with E-state index in [1.54, 1.807) is 31.0 Å². The third-order valence-corrected chi connectivity index (χ3v) is 8.17. The van der Waals surface area contributed by atoms with Crippen molar-refractivity contribution in [2.75, 3.05) is 14.2 Å². The molecular weight excluding hydrogens is 444 g/mol. The Kier molecular flexibility index (Phi) is 5.73. The summed E-state index contributed by atoms with van der Waals surface area (Å²) in [5.74, 6) is 1.07. The average Bonchev–Trinajstić information content (AvgIpc) is 3.33. The largest absolute Gasteiger partial charge is 0.496 e. The fraction of sp³-hybridized carbons (Fsp3) is 0.190. The summed E-state index contributed by atoms with van der Waals surface area (Å²) in [7, 11) is -0.426. The van der Waals surface area contributed by atoms with Crippen molar-refractivity contribution in [3.63, 3.8) is 0 Å². The fourth-order valence-corrected chi connectivity index (χ4v) is 6.22. The summed E-state index contributed by atoms with van der Waals surface area (Å²) in [6, 6.07) is 16.3. The zero-order chi connectivity index (χ0) is 21.3. The molecule has 0 aliphatic heterocycles. The van der Waals surface area contributed by atoms with Gasteiger partial charge in [-0.2, -0.15) is 5.10 Å². The number of para-hydroxylation sites is 1. The maximum Gasteiger partial charge on any atom is 0.193 e. The minimum atomic E-state index is -3.60. The van der Waals surface area contributed by atoms with Crippen LogP contribution in [0.3, 0.4) is 0 Å². The number of aromatic nitrogens is 2. The summed E-state index contributed by atoms with van der Waals surface area (Å²) in [5, 5.41) is 5.34. The number of hydrogen-bond acceptors (Lipinski definition) is 6. The Hall–Kier alpha value is -2.55. The maximum atomic E-state index is 13.0.